The molecule has 118 valence electrons. The van der Waals surface area contributed by atoms with E-state index in [0.29, 0.717) is 5.25 Å². The molecule has 0 aromatic heterocycles. The van der Waals surface area contributed by atoms with Gasteiger partial charge in [0, 0.05) is 15.7 Å². The highest BCUT2D eigenvalue weighted by atomic mass is 32.2. The summed E-state index contributed by atoms with van der Waals surface area (Å²) in [7, 11) is 0. The van der Waals surface area contributed by atoms with E-state index < -0.39 is 0 Å². The predicted molar refractivity (Wildman–Crippen MR) is 92.1 cm³/mol. The zero-order valence-corrected chi connectivity index (χ0v) is 14.4. The minimum atomic E-state index is -0.0511. The first kappa shape index (κ1) is 16.9. The predicted octanol–water partition coefficient (Wildman–Crippen LogP) is 4.07. The van der Waals surface area contributed by atoms with Crippen LogP contribution >= 0.6 is 11.8 Å². The molecule has 1 fully saturated rings. The Bertz CT molecular complexity index is 463. The summed E-state index contributed by atoms with van der Waals surface area (Å²) in [5, 5.41) is 14.1. The molecular formula is C18H29NOS. The van der Waals surface area contributed by atoms with E-state index in [1.165, 1.54) is 28.9 Å². The molecule has 0 amide bonds. The molecule has 2 rings (SSSR count). The van der Waals surface area contributed by atoms with E-state index in [4.69, 9.17) is 0 Å². The molecular weight excluding hydrogens is 278 g/mol. The SMILES string of the molecule is CCCNC1(CO)CCCC(Sc2ccc(C)cc2C)C1. The highest BCUT2D eigenvalue weighted by Gasteiger charge is 2.35. The number of hydrogen-bond donors (Lipinski definition) is 2. The maximum absolute atomic E-state index is 9.87. The number of hydrogen-bond acceptors (Lipinski definition) is 3. The standard InChI is InChI=1S/C18H29NOS/c1-4-10-19-18(13-20)9-5-6-16(12-18)21-17-8-7-14(2)11-15(17)3/h7-8,11,16,19-20H,4-6,9-10,12-13H2,1-3H3. The lowest BCUT2D eigenvalue weighted by atomic mass is 9.82. The van der Waals surface area contributed by atoms with Crippen LogP contribution < -0.4 is 5.32 Å². The molecule has 1 saturated carbocycles. The first-order chi connectivity index (χ1) is 10.1. The van der Waals surface area contributed by atoms with E-state index in [1.54, 1.807) is 0 Å². The maximum Gasteiger partial charge on any atom is 0.0613 e. The van der Waals surface area contributed by atoms with Gasteiger partial charge in [-0.15, -0.1) is 11.8 Å². The molecule has 2 unspecified atom stereocenters. The molecule has 0 spiro atoms. The fourth-order valence-electron chi connectivity index (χ4n) is 3.27. The van der Waals surface area contributed by atoms with Crippen molar-refractivity contribution in [2.75, 3.05) is 13.2 Å². The molecule has 0 aliphatic heterocycles. The number of aryl methyl sites for hydroxylation is 2. The normalized spacial score (nSPS) is 26.0. The summed E-state index contributed by atoms with van der Waals surface area (Å²) in [6, 6.07) is 6.72. The van der Waals surface area contributed by atoms with Gasteiger partial charge in [0.05, 0.1) is 6.61 Å². The number of aliphatic hydroxyl groups excluding tert-OH is 1. The molecule has 2 nitrogen and oxygen atoms in total. The van der Waals surface area contributed by atoms with Gasteiger partial charge >= 0.3 is 0 Å². The highest BCUT2D eigenvalue weighted by Crippen LogP contribution is 2.39. The Balaban J connectivity index is 2.03. The largest absolute Gasteiger partial charge is 0.394 e. The monoisotopic (exact) mass is 307 g/mol. The van der Waals surface area contributed by atoms with Crippen molar-refractivity contribution < 1.29 is 5.11 Å². The molecule has 0 bridgehead atoms. The number of benzene rings is 1. The van der Waals surface area contributed by atoms with Gasteiger partial charge in [-0.1, -0.05) is 31.0 Å². The Morgan fingerprint density at radius 2 is 2.19 bits per heavy atom. The molecule has 0 heterocycles. The van der Waals surface area contributed by atoms with Crippen molar-refractivity contribution in [2.45, 2.75) is 68.6 Å². The van der Waals surface area contributed by atoms with Gasteiger partial charge in [0.25, 0.3) is 0 Å². The molecule has 2 atom stereocenters. The van der Waals surface area contributed by atoms with Gasteiger partial charge in [-0.25, -0.2) is 0 Å². The van der Waals surface area contributed by atoms with Crippen LogP contribution in [0.3, 0.4) is 0 Å². The van der Waals surface area contributed by atoms with Crippen LogP contribution in [0.2, 0.25) is 0 Å². The summed E-state index contributed by atoms with van der Waals surface area (Å²) in [6.45, 7) is 7.79. The topological polar surface area (TPSA) is 32.3 Å². The molecule has 1 aliphatic rings. The first-order valence-electron chi connectivity index (χ1n) is 8.18. The zero-order valence-electron chi connectivity index (χ0n) is 13.6. The second-order valence-electron chi connectivity index (χ2n) is 6.47. The summed E-state index contributed by atoms with van der Waals surface area (Å²) in [6.07, 6.45) is 5.76. The molecule has 0 saturated heterocycles. The average Bonchev–Trinajstić information content (AvgIpc) is 2.48. The first-order valence-corrected chi connectivity index (χ1v) is 9.06. The van der Waals surface area contributed by atoms with Crippen molar-refractivity contribution >= 4 is 11.8 Å². The number of aliphatic hydroxyl groups is 1. The van der Waals surface area contributed by atoms with Gasteiger partial charge < -0.3 is 10.4 Å². The highest BCUT2D eigenvalue weighted by molar-refractivity contribution is 8.00. The van der Waals surface area contributed by atoms with Crippen molar-refractivity contribution in [3.63, 3.8) is 0 Å². The molecule has 1 aromatic carbocycles. The molecule has 1 aromatic rings. The van der Waals surface area contributed by atoms with Gasteiger partial charge in [-0.05, 0) is 57.7 Å². The van der Waals surface area contributed by atoms with Gasteiger partial charge in [0.2, 0.25) is 0 Å². The van der Waals surface area contributed by atoms with Crippen LogP contribution in [0.4, 0.5) is 0 Å². The van der Waals surface area contributed by atoms with E-state index in [2.05, 4.69) is 44.3 Å². The average molecular weight is 308 g/mol. The van der Waals surface area contributed by atoms with E-state index in [1.807, 2.05) is 11.8 Å². The number of nitrogens with one attached hydrogen (secondary N) is 1. The second kappa shape index (κ2) is 7.66. The maximum atomic E-state index is 9.87. The van der Waals surface area contributed by atoms with Crippen LogP contribution in [0.5, 0.6) is 0 Å². The molecule has 21 heavy (non-hydrogen) atoms. The number of rotatable bonds is 6. The van der Waals surface area contributed by atoms with E-state index in [-0.39, 0.29) is 12.1 Å². The lowest BCUT2D eigenvalue weighted by Gasteiger charge is -2.40. The van der Waals surface area contributed by atoms with Gasteiger partial charge in [-0.2, -0.15) is 0 Å². The van der Waals surface area contributed by atoms with Crippen molar-refractivity contribution in [3.8, 4) is 0 Å². The summed E-state index contributed by atoms with van der Waals surface area (Å²) >= 11 is 2.00. The molecule has 0 radical (unpaired) electrons. The van der Waals surface area contributed by atoms with Crippen LogP contribution in [0.1, 0.15) is 50.2 Å². The molecule has 3 heteroatoms. The van der Waals surface area contributed by atoms with Crippen molar-refractivity contribution in [1.29, 1.82) is 0 Å². The van der Waals surface area contributed by atoms with Crippen LogP contribution in [0, 0.1) is 13.8 Å². The smallest absolute Gasteiger partial charge is 0.0613 e. The minimum absolute atomic E-state index is 0.0511. The summed E-state index contributed by atoms with van der Waals surface area (Å²) in [5.74, 6) is 0. The zero-order chi connectivity index (χ0) is 15.3. The van der Waals surface area contributed by atoms with Crippen molar-refractivity contribution in [2.24, 2.45) is 0 Å². The third-order valence-electron chi connectivity index (χ3n) is 4.48. The summed E-state index contributed by atoms with van der Waals surface area (Å²) in [5.41, 5.74) is 2.65. The minimum Gasteiger partial charge on any atom is -0.394 e. The summed E-state index contributed by atoms with van der Waals surface area (Å²) in [4.78, 5) is 1.40. The third-order valence-corrected chi connectivity index (χ3v) is 5.92. The van der Waals surface area contributed by atoms with Crippen molar-refractivity contribution in [1.82, 2.24) is 5.32 Å². The van der Waals surface area contributed by atoms with E-state index in [9.17, 15) is 5.11 Å². The molecule has 2 N–H and O–H groups in total. The number of thioether (sulfide) groups is 1. The Morgan fingerprint density at radius 1 is 1.38 bits per heavy atom. The van der Waals surface area contributed by atoms with Crippen LogP contribution in [-0.4, -0.2) is 29.0 Å². The van der Waals surface area contributed by atoms with Crippen LogP contribution in [0.15, 0.2) is 23.1 Å². The fourth-order valence-corrected chi connectivity index (χ4v) is 4.71. The van der Waals surface area contributed by atoms with Crippen LogP contribution in [-0.2, 0) is 0 Å². The van der Waals surface area contributed by atoms with Gasteiger partial charge in [-0.3, -0.25) is 0 Å². The van der Waals surface area contributed by atoms with E-state index >= 15 is 0 Å². The lowest BCUT2D eigenvalue weighted by Crippen LogP contribution is -2.52. The van der Waals surface area contributed by atoms with Gasteiger partial charge in [0.15, 0.2) is 0 Å². The summed E-state index contributed by atoms with van der Waals surface area (Å²) < 4.78 is 0. The quantitative estimate of drug-likeness (QED) is 0.831. The Kier molecular flexibility index (Phi) is 6.15. The fraction of sp³-hybridized carbons (Fsp3) is 0.667. The Hall–Kier alpha value is -0.510. The van der Waals surface area contributed by atoms with Crippen molar-refractivity contribution in [3.05, 3.63) is 29.3 Å². The third kappa shape index (κ3) is 4.48. The second-order valence-corrected chi connectivity index (χ2v) is 7.81. The molecule has 1 aliphatic carbocycles. The van der Waals surface area contributed by atoms with E-state index in [0.717, 1.165) is 25.8 Å². The van der Waals surface area contributed by atoms with Crippen LogP contribution in [0.25, 0.3) is 0 Å². The Morgan fingerprint density at radius 3 is 2.86 bits per heavy atom. The lowest BCUT2D eigenvalue weighted by molar-refractivity contribution is 0.124. The van der Waals surface area contributed by atoms with Gasteiger partial charge in [0.1, 0.15) is 0 Å². The Labute approximate surface area is 133 Å².